The Morgan fingerprint density at radius 2 is 0.936 bits per heavy atom. The SMILES string of the molecule is CC(C)c1cccc(C(C)C)c1N1[CH-]N(c2c(C(C)C)cccc2C(C)C)c2ccccc21.[Au].c1ccc2c(c1)[n-]c1cccnc12. The van der Waals surface area contributed by atoms with Gasteiger partial charge < -0.3 is 14.8 Å². The smallest absolute Gasteiger partial charge is 0.0543 e. The normalized spacial score (nSPS) is 12.7. The van der Waals surface area contributed by atoms with Gasteiger partial charge in [-0.05, 0) is 69.5 Å². The number of fused-ring (bicyclic) bond motifs is 4. The molecular weight excluding hydrogens is 757 g/mol. The van der Waals surface area contributed by atoms with E-state index in [1.165, 1.54) is 45.0 Å². The molecule has 4 nitrogen and oxygen atoms in total. The number of hydrogen-bond acceptors (Lipinski definition) is 3. The van der Waals surface area contributed by atoms with Crippen LogP contribution in [0.2, 0.25) is 0 Å². The summed E-state index contributed by atoms with van der Waals surface area (Å²) in [6, 6.07) is 34.5. The Morgan fingerprint density at radius 3 is 1.40 bits per heavy atom. The maximum atomic E-state index is 4.45. The fraction of sp³-hybridized carbons (Fsp3) is 0.286. The van der Waals surface area contributed by atoms with Crippen molar-refractivity contribution in [3.05, 3.63) is 132 Å². The van der Waals surface area contributed by atoms with Crippen LogP contribution in [0, 0.1) is 6.67 Å². The third-order valence-electron chi connectivity index (χ3n) is 8.98. The summed E-state index contributed by atoms with van der Waals surface area (Å²) in [5, 5.41) is 1.14. The number of aromatic nitrogens is 2. The second kappa shape index (κ2) is 14.5. The number of para-hydroxylation sites is 5. The maximum absolute atomic E-state index is 4.45. The van der Waals surface area contributed by atoms with Gasteiger partial charge in [0.25, 0.3) is 0 Å². The molecule has 4 aromatic carbocycles. The average Bonchev–Trinajstić information content (AvgIpc) is 3.63. The van der Waals surface area contributed by atoms with Crippen molar-refractivity contribution in [3.8, 4) is 0 Å². The minimum atomic E-state index is 0. The van der Waals surface area contributed by atoms with E-state index in [1.54, 1.807) is 6.20 Å². The molecule has 1 aliphatic heterocycles. The summed E-state index contributed by atoms with van der Waals surface area (Å²) in [5.74, 6) is 1.79. The fourth-order valence-corrected chi connectivity index (χ4v) is 6.64. The van der Waals surface area contributed by atoms with Crippen LogP contribution in [0.1, 0.15) is 101 Å². The molecule has 0 spiro atoms. The first-order valence-electron chi connectivity index (χ1n) is 16.7. The topological polar surface area (TPSA) is 33.5 Å². The van der Waals surface area contributed by atoms with Crippen molar-refractivity contribution in [1.82, 2.24) is 9.97 Å². The van der Waals surface area contributed by atoms with Gasteiger partial charge in [-0.25, -0.2) is 0 Å². The van der Waals surface area contributed by atoms with Crippen LogP contribution in [0.5, 0.6) is 0 Å². The first-order valence-corrected chi connectivity index (χ1v) is 16.7. The van der Waals surface area contributed by atoms with Crippen LogP contribution in [0.15, 0.2) is 103 Å². The van der Waals surface area contributed by atoms with E-state index in [2.05, 4.69) is 149 Å². The minimum Gasteiger partial charge on any atom is -0.656 e. The Morgan fingerprint density at radius 1 is 0.511 bits per heavy atom. The van der Waals surface area contributed by atoms with E-state index in [1.807, 2.05) is 30.3 Å². The van der Waals surface area contributed by atoms with Gasteiger partial charge in [0.05, 0.1) is 5.52 Å². The summed E-state index contributed by atoms with van der Waals surface area (Å²) in [4.78, 5) is 13.7. The Hall–Kier alpha value is -3.83. The van der Waals surface area contributed by atoms with E-state index in [-0.39, 0.29) is 22.4 Å². The summed E-state index contributed by atoms with van der Waals surface area (Å²) in [6.45, 7) is 20.7. The van der Waals surface area contributed by atoms with Gasteiger partial charge in [0.15, 0.2) is 0 Å². The van der Waals surface area contributed by atoms with Crippen molar-refractivity contribution in [2.24, 2.45) is 0 Å². The van der Waals surface area contributed by atoms with Crippen LogP contribution in [0.4, 0.5) is 22.7 Å². The molecule has 0 amide bonds. The van der Waals surface area contributed by atoms with Crippen molar-refractivity contribution in [2.75, 3.05) is 9.80 Å². The van der Waals surface area contributed by atoms with Crippen LogP contribution in [-0.2, 0) is 22.4 Å². The molecule has 3 heterocycles. The second-order valence-corrected chi connectivity index (χ2v) is 13.5. The molecule has 1 aliphatic rings. The van der Waals surface area contributed by atoms with Crippen molar-refractivity contribution in [1.29, 1.82) is 0 Å². The number of rotatable bonds is 6. The molecule has 0 aliphatic carbocycles. The number of hydrogen-bond donors (Lipinski definition) is 0. The quantitative estimate of drug-likeness (QED) is 0.124. The van der Waals surface area contributed by atoms with Gasteiger partial charge in [-0.1, -0.05) is 134 Å². The molecule has 0 atom stereocenters. The van der Waals surface area contributed by atoms with Gasteiger partial charge in [0.1, 0.15) is 0 Å². The molecule has 0 N–H and O–H groups in total. The second-order valence-electron chi connectivity index (χ2n) is 13.5. The molecule has 7 rings (SSSR count). The molecule has 0 bridgehead atoms. The van der Waals surface area contributed by atoms with Gasteiger partial charge >= 0.3 is 0 Å². The molecule has 47 heavy (non-hydrogen) atoms. The maximum Gasteiger partial charge on any atom is 0.0543 e. The van der Waals surface area contributed by atoms with E-state index in [0.717, 1.165) is 21.9 Å². The third kappa shape index (κ3) is 6.65. The van der Waals surface area contributed by atoms with Crippen LogP contribution in [0.3, 0.4) is 0 Å². The Balaban J connectivity index is 0.000000256. The summed E-state index contributed by atoms with van der Waals surface area (Å²) in [6.07, 6.45) is 1.80. The number of nitrogens with zero attached hydrogens (tertiary/aromatic N) is 4. The monoisotopic (exact) mass is 803 g/mol. The van der Waals surface area contributed by atoms with Gasteiger partial charge in [-0.2, -0.15) is 0 Å². The fourth-order valence-electron chi connectivity index (χ4n) is 6.64. The predicted molar refractivity (Wildman–Crippen MR) is 197 cm³/mol. The van der Waals surface area contributed by atoms with Crippen LogP contribution < -0.4 is 14.8 Å². The Bertz CT molecular complexity index is 1780. The predicted octanol–water partition coefficient (Wildman–Crippen LogP) is 11.9. The first kappa shape index (κ1) is 34.5. The number of anilines is 4. The van der Waals surface area contributed by atoms with Crippen molar-refractivity contribution in [2.45, 2.75) is 79.1 Å². The molecule has 0 saturated heterocycles. The van der Waals surface area contributed by atoms with Crippen molar-refractivity contribution >= 4 is 44.7 Å². The molecule has 5 heteroatoms. The molecule has 1 radical (unpaired) electrons. The molecule has 0 saturated carbocycles. The van der Waals surface area contributed by atoms with Gasteiger partial charge in [0.2, 0.25) is 0 Å². The van der Waals surface area contributed by atoms with Gasteiger partial charge in [0, 0.05) is 51.3 Å². The molecule has 2 aromatic heterocycles. The van der Waals surface area contributed by atoms with Gasteiger partial charge in [-0.3, -0.25) is 4.98 Å². The van der Waals surface area contributed by atoms with Crippen molar-refractivity contribution < 1.29 is 22.4 Å². The standard InChI is InChI=1S/C31H39N2.C11H7N2.Au/c1-20(2)24-13-11-14-25(21(3)4)30(24)32-19-33(29-18-10-9-17-28(29)32)31-26(22(5)6)15-12-16-27(31)23(7)8;1-2-5-9-8(4-1)11-10(13-9)6-3-7-12-11;/h9-23H,1-8H3;1-7H;/q2*-1;. The largest absolute Gasteiger partial charge is 0.656 e. The number of pyridine rings is 1. The molecule has 6 aromatic rings. The third-order valence-corrected chi connectivity index (χ3v) is 8.98. The molecule has 0 unspecified atom stereocenters. The summed E-state index contributed by atoms with van der Waals surface area (Å²) >= 11 is 0. The zero-order valence-corrected chi connectivity index (χ0v) is 31.0. The van der Waals surface area contributed by atoms with Crippen LogP contribution >= 0.6 is 0 Å². The zero-order chi connectivity index (χ0) is 32.5. The van der Waals surface area contributed by atoms with E-state index >= 15 is 0 Å². The minimum absolute atomic E-state index is 0. The Labute approximate surface area is 296 Å². The molecule has 0 fully saturated rings. The molecule has 247 valence electrons. The van der Waals surface area contributed by atoms with Crippen LogP contribution in [0.25, 0.3) is 21.9 Å². The number of benzene rings is 4. The van der Waals surface area contributed by atoms with Gasteiger partial charge in [-0.15, -0.1) is 17.7 Å². The van der Waals surface area contributed by atoms with E-state index in [9.17, 15) is 0 Å². The van der Waals surface area contributed by atoms with E-state index in [0.29, 0.717) is 23.7 Å². The average molecular weight is 804 g/mol. The Kier molecular flexibility index (Phi) is 10.7. The van der Waals surface area contributed by atoms with E-state index in [4.69, 9.17) is 0 Å². The molecular formula is C42H46AuN4-2. The zero-order valence-electron chi connectivity index (χ0n) is 28.8. The van der Waals surface area contributed by atoms with Crippen molar-refractivity contribution in [3.63, 3.8) is 0 Å². The van der Waals surface area contributed by atoms with Crippen LogP contribution in [-0.4, -0.2) is 4.98 Å². The first-order chi connectivity index (χ1) is 22.2. The summed E-state index contributed by atoms with van der Waals surface area (Å²) in [5.41, 5.74) is 13.8. The van der Waals surface area contributed by atoms with E-state index < -0.39 is 0 Å². The summed E-state index contributed by atoms with van der Waals surface area (Å²) < 4.78 is 0. The summed E-state index contributed by atoms with van der Waals surface area (Å²) in [7, 11) is 0.